The molecular weight excluding hydrogens is 752 g/mol. The number of alkyl halides is 3. The van der Waals surface area contributed by atoms with Crippen molar-refractivity contribution < 1.29 is 30.8 Å². The maximum absolute atomic E-state index is 13.8. The number of fused-ring (bicyclic) bond motifs is 3. The van der Waals surface area contributed by atoms with E-state index in [-0.39, 0.29) is 12.6 Å². The number of nitrogens with zero attached hydrogens (tertiary/aromatic N) is 2. The molecule has 0 fully saturated rings. The van der Waals surface area contributed by atoms with E-state index in [4.69, 9.17) is 9.16 Å². The number of aromatic nitrogens is 1. The van der Waals surface area contributed by atoms with Crippen molar-refractivity contribution in [1.29, 1.82) is 0 Å². The van der Waals surface area contributed by atoms with Crippen molar-refractivity contribution in [2.75, 3.05) is 30.3 Å². The topological polar surface area (TPSA) is 72.8 Å². The molecule has 0 spiro atoms. The highest BCUT2D eigenvalue weighted by Gasteiger charge is 2.33. The third kappa shape index (κ3) is 9.66. The molecule has 0 amide bonds. The van der Waals surface area contributed by atoms with Crippen molar-refractivity contribution in [3.8, 4) is 5.75 Å². The van der Waals surface area contributed by atoms with E-state index in [1.165, 1.54) is 16.6 Å². The van der Waals surface area contributed by atoms with Crippen molar-refractivity contribution in [3.05, 3.63) is 144 Å². The number of anilines is 1. The van der Waals surface area contributed by atoms with Crippen LogP contribution in [0.3, 0.4) is 0 Å². The molecule has 6 aromatic rings. The van der Waals surface area contributed by atoms with Gasteiger partial charge in [-0.05, 0) is 71.2 Å². The maximum Gasteiger partial charge on any atom is 0.416 e. The summed E-state index contributed by atoms with van der Waals surface area (Å²) in [4.78, 5) is 0. The fourth-order valence-electron chi connectivity index (χ4n) is 7.31. The molecule has 12 heteroatoms. The van der Waals surface area contributed by atoms with Gasteiger partial charge < -0.3 is 19.0 Å². The number of ether oxygens (including phenoxy) is 1. The highest BCUT2D eigenvalue weighted by atomic mass is 32.2. The van der Waals surface area contributed by atoms with Gasteiger partial charge in [-0.2, -0.15) is 13.2 Å². The van der Waals surface area contributed by atoms with Gasteiger partial charge in [-0.25, -0.2) is 8.42 Å². The Labute approximate surface area is 329 Å². The molecule has 6 rings (SSSR count). The molecule has 0 aliphatic heterocycles. The summed E-state index contributed by atoms with van der Waals surface area (Å²) in [5, 5.41) is 5.12. The lowest BCUT2D eigenvalue weighted by Gasteiger charge is -2.34. The van der Waals surface area contributed by atoms with Crippen LogP contribution in [0.1, 0.15) is 49.1 Å². The number of rotatable bonds is 18. The third-order valence-electron chi connectivity index (χ3n) is 10.7. The number of halogens is 3. The summed E-state index contributed by atoms with van der Waals surface area (Å²) in [6, 6.07) is 39.3. The molecule has 0 saturated carbocycles. The fourth-order valence-corrected chi connectivity index (χ4v) is 11.0. The van der Waals surface area contributed by atoms with Crippen LogP contribution in [0.15, 0.2) is 121 Å². The number of hydrogen-bond donors (Lipinski definition) is 1. The monoisotopic (exact) mass is 801 g/mol. The van der Waals surface area contributed by atoms with E-state index in [9.17, 15) is 21.6 Å². The average Bonchev–Trinajstić information content (AvgIpc) is 3.50. The number of sulfonamides is 1. The Morgan fingerprint density at radius 2 is 1.39 bits per heavy atom. The summed E-state index contributed by atoms with van der Waals surface area (Å²) < 4.78 is 84.1. The standard InChI is InChI=1S/C44H50F3N3O4SSi/c1-5-56(6-2,7-3)54-43(35-19-14-20-37(27-35)50(55(4,51)52)32-34-17-12-9-13-18-34)30-48-25-26-53-38-22-24-40-39-23-21-36(44(45,46)47)28-41(39)49(42(40)29-38)31-33-15-10-8-11-16-33/h8-24,27-29,43,48H,5-7,25-26,30-32H2,1-4H3/t43-/m0/s1. The van der Waals surface area contributed by atoms with Gasteiger partial charge >= 0.3 is 6.18 Å². The van der Waals surface area contributed by atoms with Crippen molar-refractivity contribution >= 4 is 45.8 Å². The van der Waals surface area contributed by atoms with Crippen molar-refractivity contribution in [1.82, 2.24) is 9.88 Å². The first-order valence-electron chi connectivity index (χ1n) is 19.1. The number of hydrogen-bond acceptors (Lipinski definition) is 5. The Balaban J connectivity index is 1.21. The zero-order valence-electron chi connectivity index (χ0n) is 32.4. The Morgan fingerprint density at radius 3 is 2.02 bits per heavy atom. The largest absolute Gasteiger partial charge is 0.492 e. The lowest BCUT2D eigenvalue weighted by Crippen LogP contribution is -2.40. The van der Waals surface area contributed by atoms with Crippen LogP contribution in [0.2, 0.25) is 18.1 Å². The second-order valence-electron chi connectivity index (χ2n) is 14.2. The van der Waals surface area contributed by atoms with Gasteiger partial charge in [0.05, 0.1) is 41.2 Å². The molecule has 0 radical (unpaired) electrons. The summed E-state index contributed by atoms with van der Waals surface area (Å²) in [7, 11) is -5.67. The summed E-state index contributed by atoms with van der Waals surface area (Å²) in [6.07, 6.45) is -3.54. The minimum absolute atomic E-state index is 0.217. The molecule has 1 heterocycles. The second-order valence-corrected chi connectivity index (χ2v) is 20.9. The molecule has 7 nitrogen and oxygen atoms in total. The minimum atomic E-state index is -4.46. The molecule has 0 aliphatic carbocycles. The van der Waals surface area contributed by atoms with Gasteiger partial charge in [0.2, 0.25) is 10.0 Å². The van der Waals surface area contributed by atoms with Crippen LogP contribution in [0.5, 0.6) is 5.75 Å². The van der Waals surface area contributed by atoms with Gasteiger partial charge in [0.15, 0.2) is 8.32 Å². The molecular formula is C44H50F3N3O4SSi. The molecule has 1 aromatic heterocycles. The van der Waals surface area contributed by atoms with Gasteiger partial charge in [0, 0.05) is 36.5 Å². The minimum Gasteiger partial charge on any atom is -0.492 e. The van der Waals surface area contributed by atoms with Gasteiger partial charge in [-0.15, -0.1) is 0 Å². The van der Waals surface area contributed by atoms with Crippen LogP contribution in [-0.4, -0.2) is 47.3 Å². The van der Waals surface area contributed by atoms with E-state index in [1.807, 2.05) is 108 Å². The second kappa shape index (κ2) is 17.7. The Hall–Kier alpha value is -4.62. The SMILES string of the molecule is CC[Si](CC)(CC)O[C@@H](CNCCOc1ccc2c3ccc(C(F)(F)F)cc3n(Cc3ccccc3)c2c1)c1cccc(N(Cc2ccccc2)S(C)(=O)=O)c1. The first kappa shape index (κ1) is 41.0. The van der Waals surface area contributed by atoms with E-state index in [2.05, 4.69) is 26.1 Å². The molecule has 0 unspecified atom stereocenters. The lowest BCUT2D eigenvalue weighted by molar-refractivity contribution is -0.137. The van der Waals surface area contributed by atoms with E-state index < -0.39 is 30.1 Å². The van der Waals surface area contributed by atoms with E-state index in [1.54, 1.807) is 6.07 Å². The third-order valence-corrected chi connectivity index (χ3v) is 16.4. The molecule has 1 N–H and O–H groups in total. The van der Waals surface area contributed by atoms with E-state index >= 15 is 0 Å². The summed E-state index contributed by atoms with van der Waals surface area (Å²) in [6.45, 7) is 8.51. The molecule has 56 heavy (non-hydrogen) atoms. The zero-order chi connectivity index (χ0) is 39.9. The van der Waals surface area contributed by atoms with Crippen LogP contribution in [0, 0.1) is 0 Å². The van der Waals surface area contributed by atoms with Gasteiger partial charge in [-0.1, -0.05) is 99.6 Å². The van der Waals surface area contributed by atoms with Gasteiger partial charge in [0.25, 0.3) is 0 Å². The van der Waals surface area contributed by atoms with Crippen molar-refractivity contribution in [2.45, 2.75) is 64.3 Å². The Bertz CT molecular complexity index is 2320. The molecule has 296 valence electrons. The van der Waals surface area contributed by atoms with E-state index in [0.29, 0.717) is 43.2 Å². The number of nitrogens with one attached hydrogen (secondary N) is 1. The van der Waals surface area contributed by atoms with Crippen molar-refractivity contribution in [2.24, 2.45) is 0 Å². The van der Waals surface area contributed by atoms with Crippen LogP contribution in [-0.2, 0) is 33.7 Å². The van der Waals surface area contributed by atoms with Crippen LogP contribution in [0.25, 0.3) is 21.8 Å². The van der Waals surface area contributed by atoms with Crippen LogP contribution >= 0.6 is 0 Å². The normalized spacial score (nSPS) is 13.0. The first-order chi connectivity index (χ1) is 26.8. The maximum atomic E-state index is 13.8. The predicted octanol–water partition coefficient (Wildman–Crippen LogP) is 10.6. The number of benzene rings is 5. The Morgan fingerprint density at radius 1 is 0.768 bits per heavy atom. The highest BCUT2D eigenvalue weighted by molar-refractivity contribution is 7.92. The molecule has 0 aliphatic rings. The Kier molecular flexibility index (Phi) is 12.9. The predicted molar refractivity (Wildman–Crippen MR) is 223 cm³/mol. The fraction of sp³-hybridized carbons (Fsp3) is 0.318. The van der Waals surface area contributed by atoms with Crippen LogP contribution < -0.4 is 14.4 Å². The van der Waals surface area contributed by atoms with Crippen molar-refractivity contribution in [3.63, 3.8) is 0 Å². The highest BCUT2D eigenvalue weighted by Crippen LogP contribution is 2.37. The van der Waals surface area contributed by atoms with Gasteiger partial charge in [0.1, 0.15) is 12.4 Å². The average molecular weight is 802 g/mol. The molecule has 5 aromatic carbocycles. The van der Waals surface area contributed by atoms with Crippen LogP contribution in [0.4, 0.5) is 18.9 Å². The zero-order valence-corrected chi connectivity index (χ0v) is 34.2. The summed E-state index contributed by atoms with van der Waals surface area (Å²) >= 11 is 0. The molecule has 0 bridgehead atoms. The lowest BCUT2D eigenvalue weighted by atomic mass is 10.1. The summed E-state index contributed by atoms with van der Waals surface area (Å²) in [5.74, 6) is 0.613. The molecule has 1 atom stereocenters. The van der Waals surface area contributed by atoms with E-state index in [0.717, 1.165) is 57.2 Å². The molecule has 0 saturated heterocycles. The smallest absolute Gasteiger partial charge is 0.416 e. The first-order valence-corrected chi connectivity index (χ1v) is 23.5. The quantitative estimate of drug-likeness (QED) is 0.0692. The van der Waals surface area contributed by atoms with Gasteiger partial charge in [-0.3, -0.25) is 4.31 Å². The summed E-state index contributed by atoms with van der Waals surface area (Å²) in [5.41, 5.74) is 3.96.